The minimum Gasteiger partial charge on any atom is -0.325 e. The number of rotatable bonds is 2. The van der Waals surface area contributed by atoms with Crippen LogP contribution in [0.3, 0.4) is 0 Å². The number of halogens is 2. The maximum absolute atomic E-state index is 13.0. The van der Waals surface area contributed by atoms with Gasteiger partial charge >= 0.3 is 0 Å². The summed E-state index contributed by atoms with van der Waals surface area (Å²) < 4.78 is 13.0. The molecule has 0 bridgehead atoms. The van der Waals surface area contributed by atoms with Gasteiger partial charge in [-0.15, -0.1) is 0 Å². The van der Waals surface area contributed by atoms with Crippen LogP contribution in [0.25, 0.3) is 0 Å². The molecule has 90 valence electrons. The molecule has 17 heavy (non-hydrogen) atoms. The average molecular weight is 301 g/mol. The van der Waals surface area contributed by atoms with Gasteiger partial charge in [-0.1, -0.05) is 26.5 Å². The Labute approximate surface area is 106 Å². The van der Waals surface area contributed by atoms with Gasteiger partial charge in [0.15, 0.2) is 0 Å². The number of alkyl halides is 1. The number of nitrogens with one attached hydrogen (secondary N) is 1. The quantitative estimate of drug-likeness (QED) is 0.673. The topological polar surface area (TPSA) is 49.4 Å². The fourth-order valence-corrected chi connectivity index (χ4v) is 1.70. The van der Waals surface area contributed by atoms with Crippen LogP contribution in [0.15, 0.2) is 18.2 Å². The minimum atomic E-state index is -0.664. The highest BCUT2D eigenvalue weighted by Gasteiger charge is 2.27. The molecular formula is C11H10BrFN2O2. The molecule has 0 radical (unpaired) electrons. The summed E-state index contributed by atoms with van der Waals surface area (Å²) in [7, 11) is 0. The van der Waals surface area contributed by atoms with Crippen molar-refractivity contribution in [1.29, 1.82) is 0 Å². The lowest BCUT2D eigenvalue weighted by molar-refractivity contribution is -0.115. The number of hydrogen-bond acceptors (Lipinski definition) is 2. The van der Waals surface area contributed by atoms with Crippen LogP contribution in [-0.4, -0.2) is 21.8 Å². The molecule has 0 aromatic heterocycles. The number of carbonyl (C=O) groups excluding carboxylic acids is 2. The standard InChI is InChI=1S/C11H10BrFN2O2/c1-6(12)10(16)14-8-3-2-7-5-15(13)11(17)9(7)4-8/h2-4,6H,5H2,1H3,(H,14,16). The Morgan fingerprint density at radius 3 is 2.94 bits per heavy atom. The van der Waals surface area contributed by atoms with E-state index >= 15 is 0 Å². The zero-order valence-corrected chi connectivity index (χ0v) is 10.6. The summed E-state index contributed by atoms with van der Waals surface area (Å²) in [5.74, 6) is -0.879. The van der Waals surface area contributed by atoms with Gasteiger partial charge < -0.3 is 5.32 Å². The van der Waals surface area contributed by atoms with Crippen LogP contribution in [0, 0.1) is 0 Å². The average Bonchev–Trinajstić information content (AvgIpc) is 2.55. The number of nitrogens with zero attached hydrogens (tertiary/aromatic N) is 1. The smallest absolute Gasteiger partial charge is 0.282 e. The maximum Gasteiger partial charge on any atom is 0.282 e. The third-order valence-corrected chi connectivity index (χ3v) is 2.91. The predicted octanol–water partition coefficient (Wildman–Crippen LogP) is 2.25. The molecule has 1 aromatic rings. The molecule has 1 N–H and O–H groups in total. The summed E-state index contributed by atoms with van der Waals surface area (Å²) in [5, 5.41) is 2.78. The molecule has 0 spiro atoms. The van der Waals surface area contributed by atoms with E-state index in [0.29, 0.717) is 16.8 Å². The summed E-state index contributed by atoms with van der Waals surface area (Å²) >= 11 is 3.13. The van der Waals surface area contributed by atoms with E-state index in [1.165, 1.54) is 6.07 Å². The Hall–Kier alpha value is -1.43. The van der Waals surface area contributed by atoms with E-state index in [4.69, 9.17) is 0 Å². The van der Waals surface area contributed by atoms with Crippen molar-refractivity contribution in [2.24, 2.45) is 0 Å². The molecule has 0 aliphatic carbocycles. The van der Waals surface area contributed by atoms with E-state index in [0.717, 1.165) is 0 Å². The number of hydrogen-bond donors (Lipinski definition) is 1. The lowest BCUT2D eigenvalue weighted by atomic mass is 10.1. The second-order valence-corrected chi connectivity index (χ2v) is 5.18. The molecule has 6 heteroatoms. The van der Waals surface area contributed by atoms with Gasteiger partial charge in [0.1, 0.15) is 0 Å². The first-order valence-corrected chi connectivity index (χ1v) is 5.96. The van der Waals surface area contributed by atoms with Gasteiger partial charge in [0, 0.05) is 11.3 Å². The van der Waals surface area contributed by atoms with Gasteiger partial charge in [0.25, 0.3) is 5.91 Å². The van der Waals surface area contributed by atoms with Crippen molar-refractivity contribution in [2.75, 3.05) is 5.32 Å². The zero-order chi connectivity index (χ0) is 12.6. The Bertz CT molecular complexity index is 490. The highest BCUT2D eigenvalue weighted by Crippen LogP contribution is 2.26. The first kappa shape index (κ1) is 12.0. The van der Waals surface area contributed by atoms with E-state index in [1.54, 1.807) is 19.1 Å². The zero-order valence-electron chi connectivity index (χ0n) is 9.04. The first-order valence-electron chi connectivity index (χ1n) is 5.04. The predicted molar refractivity (Wildman–Crippen MR) is 64.4 cm³/mol. The summed E-state index contributed by atoms with van der Waals surface area (Å²) in [4.78, 5) is 22.5. The van der Waals surface area contributed by atoms with E-state index in [1.807, 2.05) is 0 Å². The Morgan fingerprint density at radius 1 is 1.59 bits per heavy atom. The lowest BCUT2D eigenvalue weighted by Gasteiger charge is -2.07. The molecule has 1 heterocycles. The molecule has 4 nitrogen and oxygen atoms in total. The van der Waals surface area contributed by atoms with Crippen molar-refractivity contribution in [2.45, 2.75) is 18.3 Å². The van der Waals surface area contributed by atoms with Crippen molar-refractivity contribution in [3.63, 3.8) is 0 Å². The van der Waals surface area contributed by atoms with Gasteiger partial charge in [0.2, 0.25) is 5.91 Å². The summed E-state index contributed by atoms with van der Waals surface area (Å²) in [6.45, 7) is 1.66. The van der Waals surface area contributed by atoms with Gasteiger partial charge in [-0.05, 0) is 24.6 Å². The van der Waals surface area contributed by atoms with Crippen LogP contribution in [0.4, 0.5) is 10.2 Å². The fourth-order valence-electron chi connectivity index (χ4n) is 1.58. The summed E-state index contributed by atoms with van der Waals surface area (Å²) in [6.07, 6.45) is 0. The van der Waals surface area contributed by atoms with Crippen molar-refractivity contribution in [1.82, 2.24) is 5.12 Å². The monoisotopic (exact) mass is 300 g/mol. The lowest BCUT2D eigenvalue weighted by Crippen LogP contribution is -2.20. The second kappa shape index (κ2) is 4.44. The van der Waals surface area contributed by atoms with E-state index in [-0.39, 0.29) is 22.4 Å². The first-order chi connectivity index (χ1) is 7.99. The molecule has 1 aliphatic heterocycles. The number of carbonyl (C=O) groups is 2. The Balaban J connectivity index is 2.24. The van der Waals surface area contributed by atoms with Crippen molar-refractivity contribution >= 4 is 33.4 Å². The number of anilines is 1. The van der Waals surface area contributed by atoms with Crippen molar-refractivity contribution in [3.8, 4) is 0 Å². The van der Waals surface area contributed by atoms with Crippen LogP contribution in [0.2, 0.25) is 0 Å². The highest BCUT2D eigenvalue weighted by atomic mass is 79.9. The second-order valence-electron chi connectivity index (χ2n) is 3.80. The highest BCUT2D eigenvalue weighted by molar-refractivity contribution is 9.10. The fraction of sp³-hybridized carbons (Fsp3) is 0.273. The molecule has 0 saturated carbocycles. The van der Waals surface area contributed by atoms with Crippen LogP contribution >= 0.6 is 15.9 Å². The third-order valence-electron chi connectivity index (χ3n) is 2.50. The molecule has 2 amide bonds. The minimum absolute atomic E-state index is 0.0305. The molecule has 0 fully saturated rings. The number of benzene rings is 1. The van der Waals surface area contributed by atoms with Gasteiger partial charge in [-0.3, -0.25) is 9.59 Å². The summed E-state index contributed by atoms with van der Waals surface area (Å²) in [5.41, 5.74) is 1.42. The van der Waals surface area contributed by atoms with E-state index < -0.39 is 5.91 Å². The molecular weight excluding hydrogens is 291 g/mol. The number of amides is 2. The molecule has 1 aromatic carbocycles. The molecule has 1 atom stereocenters. The molecule has 1 unspecified atom stereocenters. The molecule has 2 rings (SSSR count). The third kappa shape index (κ3) is 2.31. The molecule has 1 aliphatic rings. The normalized spacial score (nSPS) is 15.7. The van der Waals surface area contributed by atoms with Gasteiger partial charge in [0.05, 0.1) is 11.4 Å². The maximum atomic E-state index is 13.0. The number of fused-ring (bicyclic) bond motifs is 1. The van der Waals surface area contributed by atoms with Gasteiger partial charge in [-0.25, -0.2) is 0 Å². The molecule has 0 saturated heterocycles. The van der Waals surface area contributed by atoms with Crippen molar-refractivity contribution in [3.05, 3.63) is 29.3 Å². The van der Waals surface area contributed by atoms with Crippen LogP contribution in [-0.2, 0) is 11.3 Å². The Kier molecular flexibility index (Phi) is 3.15. The summed E-state index contributed by atoms with van der Waals surface area (Å²) in [6, 6.07) is 4.78. The van der Waals surface area contributed by atoms with E-state index in [9.17, 15) is 14.1 Å². The van der Waals surface area contributed by atoms with Crippen LogP contribution < -0.4 is 5.32 Å². The van der Waals surface area contributed by atoms with Crippen LogP contribution in [0.5, 0.6) is 0 Å². The van der Waals surface area contributed by atoms with E-state index in [2.05, 4.69) is 21.2 Å². The SMILES string of the molecule is CC(Br)C(=O)Nc1ccc2c(c1)C(=O)N(F)C2. The van der Waals surface area contributed by atoms with Gasteiger partial charge in [-0.2, -0.15) is 5.12 Å². The largest absolute Gasteiger partial charge is 0.325 e. The van der Waals surface area contributed by atoms with Crippen LogP contribution in [0.1, 0.15) is 22.8 Å². The van der Waals surface area contributed by atoms with Crippen molar-refractivity contribution < 1.29 is 14.1 Å². The Morgan fingerprint density at radius 2 is 2.29 bits per heavy atom.